The van der Waals surface area contributed by atoms with Crippen LogP contribution in [0.25, 0.3) is 16.8 Å². The van der Waals surface area contributed by atoms with E-state index in [4.69, 9.17) is 4.74 Å². The van der Waals surface area contributed by atoms with Crippen molar-refractivity contribution < 1.29 is 4.74 Å². The highest BCUT2D eigenvalue weighted by Crippen LogP contribution is 2.27. The predicted molar refractivity (Wildman–Crippen MR) is 77.4 cm³/mol. The Labute approximate surface area is 116 Å². The van der Waals surface area contributed by atoms with Crippen molar-refractivity contribution in [1.29, 1.82) is 5.26 Å². The molecule has 1 aromatic carbocycles. The fourth-order valence-electron chi connectivity index (χ4n) is 1.70. The Balaban J connectivity index is 2.36. The van der Waals surface area contributed by atoms with Crippen LogP contribution >= 0.6 is 11.3 Å². The molecule has 0 aliphatic carbocycles. The molecule has 4 heteroatoms. The van der Waals surface area contributed by atoms with Gasteiger partial charge in [-0.15, -0.1) is 11.3 Å². The predicted octanol–water partition coefficient (Wildman–Crippen LogP) is 4.10. The molecular formula is C15H14N2OS. The number of benzene rings is 1. The molecule has 0 aliphatic rings. The van der Waals surface area contributed by atoms with E-state index >= 15 is 0 Å². The van der Waals surface area contributed by atoms with Crippen LogP contribution in [0.5, 0.6) is 0 Å². The molecular weight excluding hydrogens is 256 g/mol. The minimum Gasteiger partial charge on any atom is -0.497 e. The van der Waals surface area contributed by atoms with Gasteiger partial charge in [0.05, 0.1) is 12.3 Å². The molecule has 2 aromatic rings. The molecule has 0 atom stereocenters. The van der Waals surface area contributed by atoms with E-state index in [1.165, 1.54) is 11.3 Å². The number of aromatic nitrogens is 1. The molecule has 0 bridgehead atoms. The Morgan fingerprint density at radius 1 is 1.37 bits per heavy atom. The molecule has 19 heavy (non-hydrogen) atoms. The van der Waals surface area contributed by atoms with Gasteiger partial charge in [0.1, 0.15) is 22.4 Å². The average molecular weight is 270 g/mol. The molecule has 1 aromatic heterocycles. The summed E-state index contributed by atoms with van der Waals surface area (Å²) < 4.78 is 5.39. The molecule has 3 nitrogen and oxygen atoms in total. The summed E-state index contributed by atoms with van der Waals surface area (Å²) in [7, 11) is 0. The maximum atomic E-state index is 9.24. The first-order valence-corrected chi connectivity index (χ1v) is 6.89. The molecule has 0 aliphatic heterocycles. The second-order valence-electron chi connectivity index (χ2n) is 3.88. The first-order valence-electron chi connectivity index (χ1n) is 6.01. The Bertz CT molecular complexity index is 623. The van der Waals surface area contributed by atoms with Crippen molar-refractivity contribution in [3.8, 4) is 17.3 Å². The third-order valence-corrected chi connectivity index (χ3v) is 3.47. The summed E-state index contributed by atoms with van der Waals surface area (Å²) in [6, 6.07) is 12.1. The van der Waals surface area contributed by atoms with Crippen LogP contribution in [0.15, 0.2) is 41.5 Å². The molecule has 96 valence electrons. The van der Waals surface area contributed by atoms with Gasteiger partial charge >= 0.3 is 0 Å². The Morgan fingerprint density at radius 2 is 2.11 bits per heavy atom. The summed E-state index contributed by atoms with van der Waals surface area (Å²) >= 11 is 1.46. The van der Waals surface area contributed by atoms with Gasteiger partial charge in [-0.1, -0.05) is 30.3 Å². The van der Waals surface area contributed by atoms with Gasteiger partial charge in [-0.3, -0.25) is 0 Å². The molecule has 0 radical (unpaired) electrons. The van der Waals surface area contributed by atoms with E-state index in [1.54, 1.807) is 6.92 Å². The highest BCUT2D eigenvalue weighted by molar-refractivity contribution is 7.11. The summed E-state index contributed by atoms with van der Waals surface area (Å²) in [5.41, 5.74) is 2.45. The number of nitrogens with zero attached hydrogens (tertiary/aromatic N) is 2. The van der Waals surface area contributed by atoms with Crippen LogP contribution in [0.1, 0.15) is 18.9 Å². The number of allylic oxidation sites excluding steroid dienone is 2. The van der Waals surface area contributed by atoms with Gasteiger partial charge in [0, 0.05) is 10.9 Å². The third-order valence-electron chi connectivity index (χ3n) is 2.61. The van der Waals surface area contributed by atoms with Gasteiger partial charge in [-0.05, 0) is 13.8 Å². The molecule has 2 rings (SSSR count). The SMILES string of the molecule is CCO/C(C)=C(/C#N)c1nc(-c2ccccc2)cs1. The van der Waals surface area contributed by atoms with Crippen LogP contribution in [-0.4, -0.2) is 11.6 Å². The topological polar surface area (TPSA) is 45.9 Å². The van der Waals surface area contributed by atoms with E-state index in [0.717, 1.165) is 11.3 Å². The molecule has 0 unspecified atom stereocenters. The fraction of sp³-hybridized carbons (Fsp3) is 0.200. The van der Waals surface area contributed by atoms with Crippen LogP contribution in [0.2, 0.25) is 0 Å². The highest BCUT2D eigenvalue weighted by atomic mass is 32.1. The van der Waals surface area contributed by atoms with E-state index in [0.29, 0.717) is 22.9 Å². The quantitative estimate of drug-likeness (QED) is 0.620. The van der Waals surface area contributed by atoms with E-state index < -0.39 is 0 Å². The van der Waals surface area contributed by atoms with E-state index in [2.05, 4.69) is 11.1 Å². The lowest BCUT2D eigenvalue weighted by Crippen LogP contribution is -1.92. The van der Waals surface area contributed by atoms with Crippen molar-refractivity contribution >= 4 is 16.9 Å². The maximum absolute atomic E-state index is 9.24. The first-order chi connectivity index (χ1) is 9.26. The van der Waals surface area contributed by atoms with Crippen molar-refractivity contribution in [2.75, 3.05) is 6.61 Å². The lowest BCUT2D eigenvalue weighted by Gasteiger charge is -2.03. The lowest BCUT2D eigenvalue weighted by atomic mass is 10.2. The molecule has 0 saturated carbocycles. The molecule has 1 heterocycles. The smallest absolute Gasteiger partial charge is 0.138 e. The van der Waals surface area contributed by atoms with Crippen molar-refractivity contribution in [2.45, 2.75) is 13.8 Å². The summed E-state index contributed by atoms with van der Waals surface area (Å²) in [5.74, 6) is 0.624. The van der Waals surface area contributed by atoms with Crippen LogP contribution < -0.4 is 0 Å². The average Bonchev–Trinajstić information content (AvgIpc) is 2.90. The second-order valence-corrected chi connectivity index (χ2v) is 4.74. The number of hydrogen-bond acceptors (Lipinski definition) is 4. The zero-order chi connectivity index (χ0) is 13.7. The van der Waals surface area contributed by atoms with Gasteiger partial charge in [0.25, 0.3) is 0 Å². The van der Waals surface area contributed by atoms with Gasteiger partial charge in [-0.2, -0.15) is 5.26 Å². The lowest BCUT2D eigenvalue weighted by molar-refractivity contribution is 0.234. The van der Waals surface area contributed by atoms with Gasteiger partial charge in [-0.25, -0.2) is 4.98 Å². The normalized spacial score (nSPS) is 11.6. The summed E-state index contributed by atoms with van der Waals surface area (Å²) in [5, 5.41) is 11.9. The van der Waals surface area contributed by atoms with Crippen LogP contribution in [0.4, 0.5) is 0 Å². The number of rotatable bonds is 4. The minimum atomic E-state index is 0.508. The Kier molecular flexibility index (Phi) is 4.32. The Hall–Kier alpha value is -2.12. The number of hydrogen-bond donors (Lipinski definition) is 0. The first kappa shape index (κ1) is 13.3. The largest absolute Gasteiger partial charge is 0.497 e. The van der Waals surface area contributed by atoms with E-state index in [9.17, 15) is 5.26 Å². The fourth-order valence-corrected chi connectivity index (χ4v) is 2.57. The van der Waals surface area contributed by atoms with Crippen LogP contribution in [0, 0.1) is 11.3 Å². The van der Waals surface area contributed by atoms with Gasteiger partial charge in [0.15, 0.2) is 0 Å². The number of thiazole rings is 1. The van der Waals surface area contributed by atoms with Gasteiger partial charge in [0.2, 0.25) is 0 Å². The van der Waals surface area contributed by atoms with Crippen molar-refractivity contribution in [1.82, 2.24) is 4.98 Å². The zero-order valence-corrected chi connectivity index (χ0v) is 11.7. The molecule has 0 spiro atoms. The molecule has 0 N–H and O–H groups in total. The van der Waals surface area contributed by atoms with E-state index in [1.807, 2.05) is 42.6 Å². The summed E-state index contributed by atoms with van der Waals surface area (Å²) in [6.45, 7) is 4.25. The third kappa shape index (κ3) is 3.01. The molecule has 0 fully saturated rings. The Morgan fingerprint density at radius 3 is 2.74 bits per heavy atom. The van der Waals surface area contributed by atoms with Crippen molar-refractivity contribution in [3.05, 3.63) is 46.5 Å². The van der Waals surface area contributed by atoms with Crippen molar-refractivity contribution in [3.63, 3.8) is 0 Å². The maximum Gasteiger partial charge on any atom is 0.138 e. The highest BCUT2D eigenvalue weighted by Gasteiger charge is 2.12. The van der Waals surface area contributed by atoms with Crippen LogP contribution in [0.3, 0.4) is 0 Å². The molecule has 0 saturated heterocycles. The van der Waals surface area contributed by atoms with E-state index in [-0.39, 0.29) is 0 Å². The second kappa shape index (κ2) is 6.17. The number of nitriles is 1. The van der Waals surface area contributed by atoms with Crippen LogP contribution in [-0.2, 0) is 4.74 Å². The van der Waals surface area contributed by atoms with Crippen molar-refractivity contribution in [2.24, 2.45) is 0 Å². The minimum absolute atomic E-state index is 0.508. The summed E-state index contributed by atoms with van der Waals surface area (Å²) in [4.78, 5) is 4.51. The summed E-state index contributed by atoms with van der Waals surface area (Å²) in [6.07, 6.45) is 0. The monoisotopic (exact) mass is 270 g/mol. The number of ether oxygens (including phenoxy) is 1. The standard InChI is InChI=1S/C15H14N2OS/c1-3-18-11(2)13(9-16)15-17-14(10-19-15)12-7-5-4-6-8-12/h4-8,10H,3H2,1-2H3/b13-11-. The van der Waals surface area contributed by atoms with Gasteiger partial charge < -0.3 is 4.74 Å². The zero-order valence-electron chi connectivity index (χ0n) is 10.9. The molecule has 0 amide bonds.